The van der Waals surface area contributed by atoms with Crippen molar-refractivity contribution in [2.24, 2.45) is 11.8 Å². The summed E-state index contributed by atoms with van der Waals surface area (Å²) in [5, 5.41) is 0. The molecule has 1 heterocycles. The summed E-state index contributed by atoms with van der Waals surface area (Å²) < 4.78 is 20.7. The Morgan fingerprint density at radius 1 is 0.917 bits per heavy atom. The molecule has 7 heteroatoms. The second-order valence-electron chi connectivity index (χ2n) is 6.33. The molecule has 0 aromatic rings. The van der Waals surface area contributed by atoms with Gasteiger partial charge in [0, 0.05) is 26.7 Å². The molecule has 2 rings (SSSR count). The first-order chi connectivity index (χ1) is 11.7. The molecule has 2 aliphatic rings. The third-order valence-corrected chi connectivity index (χ3v) is 4.68. The first-order valence-corrected chi connectivity index (χ1v) is 8.83. The minimum absolute atomic E-state index is 0.0854. The Labute approximate surface area is 143 Å². The molecule has 0 aromatic heterocycles. The van der Waals surface area contributed by atoms with Gasteiger partial charge < -0.3 is 18.9 Å². The molecule has 2 fully saturated rings. The molecule has 24 heavy (non-hydrogen) atoms. The van der Waals surface area contributed by atoms with Crippen LogP contribution in [0.25, 0.3) is 0 Å². The predicted molar refractivity (Wildman–Crippen MR) is 86.5 cm³/mol. The molecule has 0 aromatic carbocycles. The minimum Gasteiger partial charge on any atom is -0.464 e. The van der Waals surface area contributed by atoms with Crippen molar-refractivity contribution in [2.75, 3.05) is 59.8 Å². The van der Waals surface area contributed by atoms with Crippen LogP contribution in [0, 0.1) is 11.8 Å². The molecule has 1 aliphatic carbocycles. The van der Waals surface area contributed by atoms with E-state index in [-0.39, 0.29) is 23.8 Å². The fourth-order valence-electron chi connectivity index (χ4n) is 3.13. The summed E-state index contributed by atoms with van der Waals surface area (Å²) in [5.74, 6) is -0.488. The topological polar surface area (TPSA) is 74.3 Å². The minimum atomic E-state index is -0.175. The van der Waals surface area contributed by atoms with Crippen molar-refractivity contribution in [3.05, 3.63) is 0 Å². The molecule has 0 spiro atoms. The smallest absolute Gasteiger partial charge is 0.309 e. The van der Waals surface area contributed by atoms with Crippen LogP contribution in [0.15, 0.2) is 0 Å². The Morgan fingerprint density at radius 3 is 2.00 bits per heavy atom. The zero-order chi connectivity index (χ0) is 17.2. The lowest BCUT2D eigenvalue weighted by Gasteiger charge is -2.28. The summed E-state index contributed by atoms with van der Waals surface area (Å²) in [4.78, 5) is 26.3. The maximum atomic E-state index is 12.1. The van der Waals surface area contributed by atoms with Gasteiger partial charge in [0.2, 0.25) is 0 Å². The van der Waals surface area contributed by atoms with Crippen LogP contribution >= 0.6 is 0 Å². The molecular formula is C17H29NO6. The molecule has 1 aliphatic heterocycles. The van der Waals surface area contributed by atoms with Crippen molar-refractivity contribution in [1.82, 2.24) is 4.90 Å². The summed E-state index contributed by atoms with van der Waals surface area (Å²) in [7, 11) is 1.57. The Hall–Kier alpha value is -1.18. The zero-order valence-corrected chi connectivity index (χ0v) is 14.5. The van der Waals surface area contributed by atoms with Crippen LogP contribution in [0.4, 0.5) is 0 Å². The van der Waals surface area contributed by atoms with Gasteiger partial charge in [-0.2, -0.15) is 0 Å². The average Bonchev–Trinajstić information content (AvgIpc) is 2.63. The molecule has 0 N–H and O–H groups in total. The van der Waals surface area contributed by atoms with Gasteiger partial charge in [-0.1, -0.05) is 0 Å². The number of ether oxygens (including phenoxy) is 4. The third kappa shape index (κ3) is 6.37. The summed E-state index contributed by atoms with van der Waals surface area (Å²) in [6.45, 7) is 5.18. The number of nitrogens with zero attached hydrogens (tertiary/aromatic N) is 1. The van der Waals surface area contributed by atoms with Crippen molar-refractivity contribution < 1.29 is 28.5 Å². The summed E-state index contributed by atoms with van der Waals surface area (Å²) >= 11 is 0. The van der Waals surface area contributed by atoms with E-state index in [1.54, 1.807) is 7.11 Å². The number of esters is 2. The molecule has 7 nitrogen and oxygen atoms in total. The highest BCUT2D eigenvalue weighted by Gasteiger charge is 2.31. The number of carbonyl (C=O) groups excluding carboxylic acids is 2. The van der Waals surface area contributed by atoms with Crippen molar-refractivity contribution in [1.29, 1.82) is 0 Å². The Kier molecular flexibility index (Phi) is 8.49. The van der Waals surface area contributed by atoms with E-state index in [1.807, 2.05) is 0 Å². The molecule has 0 radical (unpaired) electrons. The molecule has 0 amide bonds. The molecule has 0 unspecified atom stereocenters. The monoisotopic (exact) mass is 343 g/mol. The van der Waals surface area contributed by atoms with Gasteiger partial charge in [0.25, 0.3) is 0 Å². The van der Waals surface area contributed by atoms with Crippen LogP contribution < -0.4 is 0 Å². The number of carbonyl (C=O) groups is 2. The molecule has 0 atom stereocenters. The summed E-state index contributed by atoms with van der Waals surface area (Å²) in [5.41, 5.74) is 0. The van der Waals surface area contributed by atoms with Crippen molar-refractivity contribution in [3.8, 4) is 0 Å². The number of methoxy groups -OCH3 is 1. The van der Waals surface area contributed by atoms with E-state index >= 15 is 0 Å². The molecular weight excluding hydrogens is 314 g/mol. The van der Waals surface area contributed by atoms with Crippen molar-refractivity contribution in [2.45, 2.75) is 25.7 Å². The average molecular weight is 343 g/mol. The predicted octanol–water partition coefficient (Wildman–Crippen LogP) is 0.858. The largest absolute Gasteiger partial charge is 0.464 e. The van der Waals surface area contributed by atoms with Gasteiger partial charge in [-0.15, -0.1) is 0 Å². The highest BCUT2D eigenvalue weighted by molar-refractivity contribution is 5.75. The SMILES string of the molecule is COCCOC(=O)C1CCC(C(=O)OCCN2CCOCC2)CC1. The van der Waals surface area contributed by atoms with E-state index < -0.39 is 0 Å². The first kappa shape index (κ1) is 19.1. The fourth-order valence-corrected chi connectivity index (χ4v) is 3.13. The molecule has 1 saturated heterocycles. The fraction of sp³-hybridized carbons (Fsp3) is 0.882. The van der Waals surface area contributed by atoms with E-state index in [0.717, 1.165) is 32.8 Å². The van der Waals surface area contributed by atoms with Gasteiger partial charge in [-0.25, -0.2) is 0 Å². The van der Waals surface area contributed by atoms with E-state index in [1.165, 1.54) is 0 Å². The van der Waals surface area contributed by atoms with Crippen molar-refractivity contribution in [3.63, 3.8) is 0 Å². The first-order valence-electron chi connectivity index (χ1n) is 8.83. The zero-order valence-electron chi connectivity index (χ0n) is 14.5. The highest BCUT2D eigenvalue weighted by atomic mass is 16.6. The Bertz CT molecular complexity index is 389. The van der Waals surface area contributed by atoms with Gasteiger partial charge >= 0.3 is 11.9 Å². The van der Waals surface area contributed by atoms with Gasteiger partial charge in [0.15, 0.2) is 0 Å². The summed E-state index contributed by atoms with van der Waals surface area (Å²) in [6.07, 6.45) is 2.77. The van der Waals surface area contributed by atoms with E-state index in [0.29, 0.717) is 45.5 Å². The van der Waals surface area contributed by atoms with Gasteiger partial charge in [-0.05, 0) is 25.7 Å². The second-order valence-corrected chi connectivity index (χ2v) is 6.33. The van der Waals surface area contributed by atoms with Crippen molar-refractivity contribution >= 4 is 11.9 Å². The van der Waals surface area contributed by atoms with E-state index in [4.69, 9.17) is 18.9 Å². The van der Waals surface area contributed by atoms with Crippen LogP contribution in [0.5, 0.6) is 0 Å². The van der Waals surface area contributed by atoms with Crippen LogP contribution in [0.1, 0.15) is 25.7 Å². The highest BCUT2D eigenvalue weighted by Crippen LogP contribution is 2.30. The van der Waals surface area contributed by atoms with Crippen LogP contribution in [0.3, 0.4) is 0 Å². The summed E-state index contributed by atoms with van der Waals surface area (Å²) in [6, 6.07) is 0. The van der Waals surface area contributed by atoms with Crippen LogP contribution in [-0.4, -0.2) is 76.6 Å². The number of rotatable bonds is 8. The number of hydrogen-bond acceptors (Lipinski definition) is 7. The molecule has 0 bridgehead atoms. The van der Waals surface area contributed by atoms with Crippen LogP contribution in [-0.2, 0) is 28.5 Å². The third-order valence-electron chi connectivity index (χ3n) is 4.68. The quantitative estimate of drug-likeness (QED) is 0.478. The van der Waals surface area contributed by atoms with Gasteiger partial charge in [-0.3, -0.25) is 14.5 Å². The van der Waals surface area contributed by atoms with Crippen LogP contribution in [0.2, 0.25) is 0 Å². The lowest BCUT2D eigenvalue weighted by atomic mass is 9.82. The lowest BCUT2D eigenvalue weighted by molar-refractivity contribution is -0.156. The molecule has 138 valence electrons. The number of morpholine rings is 1. The maximum Gasteiger partial charge on any atom is 0.309 e. The lowest BCUT2D eigenvalue weighted by Crippen LogP contribution is -2.39. The maximum absolute atomic E-state index is 12.1. The standard InChI is InChI=1S/C17H29NO6/c1-21-12-13-24-17(20)15-4-2-14(3-5-15)16(19)23-11-8-18-6-9-22-10-7-18/h14-15H,2-13H2,1H3. The number of hydrogen-bond donors (Lipinski definition) is 0. The Balaban J connectivity index is 1.58. The normalized spacial score (nSPS) is 25.2. The molecule has 1 saturated carbocycles. The Morgan fingerprint density at radius 2 is 1.46 bits per heavy atom. The van der Waals surface area contributed by atoms with E-state index in [9.17, 15) is 9.59 Å². The van der Waals surface area contributed by atoms with E-state index in [2.05, 4.69) is 4.90 Å². The van der Waals surface area contributed by atoms with Gasteiger partial charge in [0.1, 0.15) is 13.2 Å². The van der Waals surface area contributed by atoms with Gasteiger partial charge in [0.05, 0.1) is 31.7 Å². The second kappa shape index (κ2) is 10.6.